The third-order valence-corrected chi connectivity index (χ3v) is 17.7. The lowest BCUT2D eigenvalue weighted by atomic mass is 10.0. The molecule has 0 spiro atoms. The van der Waals surface area contributed by atoms with E-state index in [4.69, 9.17) is 37.0 Å². The number of unbranched alkanes of at least 4 members (excludes halogenated alkanes) is 40. The molecule has 5 atom stereocenters. The molecule has 0 aromatic heterocycles. The number of phosphoric ester groups is 2. The summed E-state index contributed by atoms with van der Waals surface area (Å²) in [4.78, 5) is 72.3. The van der Waals surface area contributed by atoms with Crippen LogP contribution in [-0.4, -0.2) is 96.7 Å². The van der Waals surface area contributed by atoms with Crippen molar-refractivity contribution in [2.24, 2.45) is 5.92 Å². The first-order chi connectivity index (χ1) is 42.0. The lowest BCUT2D eigenvalue weighted by Gasteiger charge is -2.21. The standard InChI is InChI=1S/C68H132O17P2/c1-6-9-12-15-18-21-22-25-29-33-37-42-47-52-66(71)79-58-64(85-68(73)54-49-44-39-34-30-27-24-23-26-28-32-35-40-45-50-61(4)5)60-83-87(76,77)81-56-62(69)55-80-86(74,75)82-59-63(57-78-65(70)51-46-41-36-20-17-14-11-8-3)84-67(72)53-48-43-38-31-19-16-13-10-7-2/h61-64,69H,6-60H2,1-5H3,(H,74,75)(H,76,77)/t62-,63+,64+/m0/s1. The van der Waals surface area contributed by atoms with E-state index >= 15 is 0 Å². The fourth-order valence-corrected chi connectivity index (χ4v) is 11.9. The summed E-state index contributed by atoms with van der Waals surface area (Å²) in [7, 11) is -9.89. The number of rotatable bonds is 68. The predicted molar refractivity (Wildman–Crippen MR) is 349 cm³/mol. The summed E-state index contributed by atoms with van der Waals surface area (Å²) in [6.07, 6.45) is 47.2. The average molecular weight is 1280 g/mol. The van der Waals surface area contributed by atoms with Crippen LogP contribution in [0.5, 0.6) is 0 Å². The van der Waals surface area contributed by atoms with E-state index in [0.29, 0.717) is 25.7 Å². The molecule has 0 saturated heterocycles. The number of aliphatic hydroxyl groups excluding tert-OH is 1. The molecule has 0 aliphatic rings. The van der Waals surface area contributed by atoms with Crippen molar-refractivity contribution in [3.8, 4) is 0 Å². The predicted octanol–water partition coefficient (Wildman–Crippen LogP) is 19.4. The fourth-order valence-electron chi connectivity index (χ4n) is 10.3. The molecule has 0 saturated carbocycles. The van der Waals surface area contributed by atoms with Crippen molar-refractivity contribution in [2.75, 3.05) is 39.6 Å². The fraction of sp³-hybridized carbons (Fsp3) is 0.941. The molecular formula is C68H132O17P2. The van der Waals surface area contributed by atoms with Crippen LogP contribution in [0.2, 0.25) is 0 Å². The Labute approximate surface area is 530 Å². The van der Waals surface area contributed by atoms with Gasteiger partial charge in [-0.25, -0.2) is 9.13 Å². The molecule has 0 aliphatic carbocycles. The smallest absolute Gasteiger partial charge is 0.462 e. The Morgan fingerprint density at radius 1 is 0.310 bits per heavy atom. The molecule has 19 heteroatoms. The molecule has 0 radical (unpaired) electrons. The Hall–Kier alpha value is -1.94. The molecule has 17 nitrogen and oxygen atoms in total. The van der Waals surface area contributed by atoms with Crippen LogP contribution in [0.3, 0.4) is 0 Å². The number of esters is 4. The molecule has 0 aromatic rings. The average Bonchev–Trinajstić information content (AvgIpc) is 3.65. The van der Waals surface area contributed by atoms with Crippen molar-refractivity contribution in [3.63, 3.8) is 0 Å². The van der Waals surface area contributed by atoms with Crippen LogP contribution in [0, 0.1) is 5.92 Å². The zero-order chi connectivity index (χ0) is 64.2. The van der Waals surface area contributed by atoms with Crippen molar-refractivity contribution in [2.45, 2.75) is 368 Å². The van der Waals surface area contributed by atoms with E-state index in [-0.39, 0.29) is 25.7 Å². The Morgan fingerprint density at radius 2 is 0.529 bits per heavy atom. The Morgan fingerprint density at radius 3 is 0.782 bits per heavy atom. The third kappa shape index (κ3) is 62.6. The Bertz CT molecular complexity index is 1690. The summed E-state index contributed by atoms with van der Waals surface area (Å²) in [5.41, 5.74) is 0. The summed E-state index contributed by atoms with van der Waals surface area (Å²) >= 11 is 0. The molecule has 0 rings (SSSR count). The normalized spacial score (nSPS) is 14.1. The van der Waals surface area contributed by atoms with E-state index in [1.165, 1.54) is 167 Å². The molecule has 516 valence electrons. The lowest BCUT2D eigenvalue weighted by Crippen LogP contribution is -2.30. The van der Waals surface area contributed by atoms with Crippen LogP contribution in [0.4, 0.5) is 0 Å². The van der Waals surface area contributed by atoms with Crippen LogP contribution < -0.4 is 0 Å². The second kappa shape index (κ2) is 61.6. The van der Waals surface area contributed by atoms with Gasteiger partial charge in [0.1, 0.15) is 19.3 Å². The van der Waals surface area contributed by atoms with E-state index in [2.05, 4.69) is 34.6 Å². The highest BCUT2D eigenvalue weighted by atomic mass is 31.2. The molecule has 0 heterocycles. The monoisotopic (exact) mass is 1280 g/mol. The van der Waals surface area contributed by atoms with Gasteiger partial charge in [0.05, 0.1) is 26.4 Å². The highest BCUT2D eigenvalue weighted by Crippen LogP contribution is 2.45. The van der Waals surface area contributed by atoms with E-state index in [0.717, 1.165) is 102 Å². The van der Waals surface area contributed by atoms with Gasteiger partial charge >= 0.3 is 39.5 Å². The molecule has 3 N–H and O–H groups in total. The molecule has 0 fully saturated rings. The molecular weight excluding hydrogens is 1150 g/mol. The second-order valence-corrected chi connectivity index (χ2v) is 27.9. The maximum Gasteiger partial charge on any atom is 0.472 e. The number of aliphatic hydroxyl groups is 1. The maximum absolute atomic E-state index is 13.0. The summed E-state index contributed by atoms with van der Waals surface area (Å²) in [5, 5.41) is 10.6. The number of ether oxygens (including phenoxy) is 4. The molecule has 0 amide bonds. The molecule has 0 aromatic carbocycles. The highest BCUT2D eigenvalue weighted by molar-refractivity contribution is 7.47. The van der Waals surface area contributed by atoms with Gasteiger partial charge in [0, 0.05) is 25.7 Å². The molecule has 87 heavy (non-hydrogen) atoms. The van der Waals surface area contributed by atoms with Crippen molar-refractivity contribution in [1.82, 2.24) is 0 Å². The van der Waals surface area contributed by atoms with Crippen molar-refractivity contribution in [3.05, 3.63) is 0 Å². The van der Waals surface area contributed by atoms with Gasteiger partial charge in [-0.2, -0.15) is 0 Å². The van der Waals surface area contributed by atoms with Crippen LogP contribution >= 0.6 is 15.6 Å². The van der Waals surface area contributed by atoms with E-state index in [9.17, 15) is 43.2 Å². The number of hydrogen-bond acceptors (Lipinski definition) is 15. The summed E-state index contributed by atoms with van der Waals surface area (Å²) in [6.45, 7) is 7.21. The molecule has 0 bridgehead atoms. The summed E-state index contributed by atoms with van der Waals surface area (Å²) in [5.74, 6) is -1.33. The summed E-state index contributed by atoms with van der Waals surface area (Å²) < 4.78 is 68.1. The van der Waals surface area contributed by atoms with Gasteiger partial charge in [-0.15, -0.1) is 0 Å². The second-order valence-electron chi connectivity index (χ2n) is 25.0. The van der Waals surface area contributed by atoms with Crippen LogP contribution in [-0.2, 0) is 65.4 Å². The van der Waals surface area contributed by atoms with E-state index < -0.39 is 97.5 Å². The molecule has 0 aliphatic heterocycles. The van der Waals surface area contributed by atoms with Crippen LogP contribution in [0.25, 0.3) is 0 Å². The Balaban J connectivity index is 5.20. The largest absolute Gasteiger partial charge is 0.472 e. The minimum Gasteiger partial charge on any atom is -0.462 e. The lowest BCUT2D eigenvalue weighted by molar-refractivity contribution is -0.161. The van der Waals surface area contributed by atoms with E-state index in [1.54, 1.807) is 0 Å². The number of carbonyl (C=O) groups is 4. The van der Waals surface area contributed by atoms with Gasteiger partial charge in [-0.1, -0.05) is 298 Å². The van der Waals surface area contributed by atoms with Crippen LogP contribution in [0.15, 0.2) is 0 Å². The van der Waals surface area contributed by atoms with Gasteiger partial charge in [-0.05, 0) is 31.6 Å². The topological polar surface area (TPSA) is 237 Å². The highest BCUT2D eigenvalue weighted by Gasteiger charge is 2.30. The first-order valence-electron chi connectivity index (χ1n) is 35.6. The van der Waals surface area contributed by atoms with Gasteiger partial charge in [0.15, 0.2) is 12.2 Å². The van der Waals surface area contributed by atoms with Gasteiger partial charge < -0.3 is 33.8 Å². The minimum absolute atomic E-state index is 0.106. The van der Waals surface area contributed by atoms with Gasteiger partial charge in [0.25, 0.3) is 0 Å². The zero-order valence-corrected chi connectivity index (χ0v) is 57.9. The first-order valence-corrected chi connectivity index (χ1v) is 38.6. The zero-order valence-electron chi connectivity index (χ0n) is 56.2. The Kier molecular flexibility index (Phi) is 60.2. The van der Waals surface area contributed by atoms with Crippen molar-refractivity contribution < 1.29 is 80.2 Å². The molecule has 2 unspecified atom stereocenters. The quantitative estimate of drug-likeness (QED) is 0.0222. The minimum atomic E-state index is -4.95. The number of phosphoric acid groups is 2. The van der Waals surface area contributed by atoms with E-state index in [1.807, 2.05) is 0 Å². The van der Waals surface area contributed by atoms with Gasteiger partial charge in [0.2, 0.25) is 0 Å². The van der Waals surface area contributed by atoms with Crippen molar-refractivity contribution >= 4 is 39.5 Å². The third-order valence-electron chi connectivity index (χ3n) is 15.8. The maximum atomic E-state index is 13.0. The number of carbonyl (C=O) groups excluding carboxylic acids is 4. The SMILES string of the molecule is CCCCCCCCCCCCCCCC(=O)OC[C@H](COP(=O)(O)OC[C@@H](O)COP(=O)(O)OC[C@@H](COC(=O)CCCCCCCCCC)OC(=O)CCCCCCCCCCC)OC(=O)CCCCCCCCCCCCCCCCC(C)C. The summed E-state index contributed by atoms with van der Waals surface area (Å²) in [6, 6.07) is 0. The number of hydrogen-bond donors (Lipinski definition) is 3. The van der Waals surface area contributed by atoms with Crippen molar-refractivity contribution in [1.29, 1.82) is 0 Å². The van der Waals surface area contributed by atoms with Gasteiger partial charge in [-0.3, -0.25) is 37.3 Å². The first kappa shape index (κ1) is 85.1. The van der Waals surface area contributed by atoms with Crippen LogP contribution in [0.1, 0.15) is 349 Å².